The predicted molar refractivity (Wildman–Crippen MR) is 81.7 cm³/mol. The number of nitrogens with zero attached hydrogens (tertiary/aromatic N) is 2. The summed E-state index contributed by atoms with van der Waals surface area (Å²) in [5.41, 5.74) is 1.02. The van der Waals surface area contributed by atoms with Crippen LogP contribution in [-0.2, 0) is 6.54 Å². The number of fused-ring (bicyclic) bond motifs is 1. The van der Waals surface area contributed by atoms with Crippen LogP contribution < -0.4 is 20.1 Å². The zero-order valence-corrected chi connectivity index (χ0v) is 12.5. The van der Waals surface area contributed by atoms with Crippen LogP contribution in [0.4, 0.5) is 0 Å². The van der Waals surface area contributed by atoms with Crippen molar-refractivity contribution in [1.82, 2.24) is 10.6 Å². The number of aliphatic imine (C=N–C) groups is 2. The maximum atomic E-state index is 5.49. The van der Waals surface area contributed by atoms with Crippen LogP contribution in [0.1, 0.15) is 26.3 Å². The molecule has 6 heteroatoms. The highest BCUT2D eigenvalue weighted by Crippen LogP contribution is 2.35. The minimum absolute atomic E-state index is 0.0310. The van der Waals surface area contributed by atoms with E-state index in [1.165, 1.54) is 0 Å². The van der Waals surface area contributed by atoms with E-state index in [4.69, 9.17) is 9.47 Å². The molecule has 0 bridgehead atoms. The molecule has 21 heavy (non-hydrogen) atoms. The molecule has 3 rings (SSSR count). The highest BCUT2D eigenvalue weighted by Gasteiger charge is 2.19. The molecule has 0 aromatic heterocycles. The first kappa shape index (κ1) is 13.7. The fourth-order valence-electron chi connectivity index (χ4n) is 2.29. The van der Waals surface area contributed by atoms with Crippen LogP contribution in [0.2, 0.25) is 0 Å². The van der Waals surface area contributed by atoms with Gasteiger partial charge in [0.1, 0.15) is 12.0 Å². The normalized spacial score (nSPS) is 22.0. The number of hydrogen-bond donors (Lipinski definition) is 2. The van der Waals surface area contributed by atoms with Gasteiger partial charge < -0.3 is 20.1 Å². The van der Waals surface area contributed by atoms with Gasteiger partial charge in [-0.1, -0.05) is 26.0 Å². The van der Waals surface area contributed by atoms with E-state index in [0.717, 1.165) is 28.9 Å². The Morgan fingerprint density at radius 2 is 2.24 bits per heavy atom. The van der Waals surface area contributed by atoms with Crippen LogP contribution in [0.3, 0.4) is 0 Å². The topological polar surface area (TPSA) is 67.2 Å². The van der Waals surface area contributed by atoms with Crippen LogP contribution in [0.25, 0.3) is 0 Å². The summed E-state index contributed by atoms with van der Waals surface area (Å²) in [4.78, 5) is 9.11. The highest BCUT2D eigenvalue weighted by molar-refractivity contribution is 6.02. The van der Waals surface area contributed by atoms with Crippen molar-refractivity contribution in [2.75, 3.05) is 6.79 Å². The molecule has 0 amide bonds. The van der Waals surface area contributed by atoms with E-state index in [1.54, 1.807) is 0 Å². The summed E-state index contributed by atoms with van der Waals surface area (Å²) < 4.78 is 10.9. The van der Waals surface area contributed by atoms with Crippen LogP contribution in [0, 0.1) is 5.92 Å². The molecule has 0 radical (unpaired) electrons. The lowest BCUT2D eigenvalue weighted by Crippen LogP contribution is -2.51. The number of rotatable bonds is 3. The van der Waals surface area contributed by atoms with Crippen LogP contribution in [0.5, 0.6) is 11.5 Å². The summed E-state index contributed by atoms with van der Waals surface area (Å²) in [6.45, 7) is 7.03. The van der Waals surface area contributed by atoms with Crippen LogP contribution >= 0.6 is 0 Å². The fourth-order valence-corrected chi connectivity index (χ4v) is 2.29. The van der Waals surface area contributed by atoms with Gasteiger partial charge >= 0.3 is 0 Å². The lowest BCUT2D eigenvalue weighted by Gasteiger charge is -2.25. The maximum absolute atomic E-state index is 5.49. The van der Waals surface area contributed by atoms with Gasteiger partial charge in [0, 0.05) is 11.5 Å². The van der Waals surface area contributed by atoms with Crippen LogP contribution in [0.15, 0.2) is 28.2 Å². The average molecular weight is 288 g/mol. The Bertz CT molecular complexity index is 595. The smallest absolute Gasteiger partial charge is 0.231 e. The molecule has 0 fully saturated rings. The summed E-state index contributed by atoms with van der Waals surface area (Å²) in [5, 5.41) is 6.46. The summed E-state index contributed by atoms with van der Waals surface area (Å²) in [5.74, 6) is 3.63. The third-order valence-electron chi connectivity index (χ3n) is 3.36. The number of hydrogen-bond acceptors (Lipinski definition) is 4. The first-order valence-electron chi connectivity index (χ1n) is 7.16. The summed E-state index contributed by atoms with van der Waals surface area (Å²) in [7, 11) is 0. The average Bonchev–Trinajstić information content (AvgIpc) is 2.93. The van der Waals surface area contributed by atoms with Gasteiger partial charge in [0.2, 0.25) is 6.79 Å². The van der Waals surface area contributed by atoms with Gasteiger partial charge in [0.25, 0.3) is 0 Å². The largest absolute Gasteiger partial charge is 0.454 e. The molecule has 2 heterocycles. The molecular weight excluding hydrogens is 268 g/mol. The SMILES string of the molecule is CC1N=C(C(C)C)NC(=NCc2cccc3c2OCO3)N1. The number of para-hydroxylation sites is 1. The monoisotopic (exact) mass is 288 g/mol. The second kappa shape index (κ2) is 5.63. The molecule has 2 aliphatic rings. The number of amidine groups is 1. The zero-order chi connectivity index (χ0) is 14.8. The maximum Gasteiger partial charge on any atom is 0.231 e. The van der Waals surface area contributed by atoms with Gasteiger partial charge in [-0.25, -0.2) is 9.98 Å². The van der Waals surface area contributed by atoms with Crippen molar-refractivity contribution in [2.24, 2.45) is 15.9 Å². The Morgan fingerprint density at radius 1 is 1.38 bits per heavy atom. The first-order valence-corrected chi connectivity index (χ1v) is 7.16. The molecule has 6 nitrogen and oxygen atoms in total. The van der Waals surface area contributed by atoms with Crippen molar-refractivity contribution in [2.45, 2.75) is 33.5 Å². The van der Waals surface area contributed by atoms with E-state index in [-0.39, 0.29) is 13.0 Å². The van der Waals surface area contributed by atoms with Crippen molar-refractivity contribution < 1.29 is 9.47 Å². The minimum atomic E-state index is 0.0310. The summed E-state index contributed by atoms with van der Waals surface area (Å²) in [6, 6.07) is 5.86. The predicted octanol–water partition coefficient (Wildman–Crippen LogP) is 1.86. The molecule has 1 aromatic carbocycles. The third-order valence-corrected chi connectivity index (χ3v) is 3.36. The lowest BCUT2D eigenvalue weighted by atomic mass is 10.2. The van der Waals surface area contributed by atoms with E-state index in [9.17, 15) is 0 Å². The zero-order valence-electron chi connectivity index (χ0n) is 12.5. The molecule has 0 saturated heterocycles. The second-order valence-electron chi connectivity index (χ2n) is 5.43. The molecule has 2 N–H and O–H groups in total. The van der Waals surface area contributed by atoms with Crippen molar-refractivity contribution in [3.8, 4) is 11.5 Å². The number of benzene rings is 1. The molecule has 0 aliphatic carbocycles. The van der Waals surface area contributed by atoms with E-state index in [1.807, 2.05) is 25.1 Å². The molecule has 1 aromatic rings. The van der Waals surface area contributed by atoms with E-state index < -0.39 is 0 Å². The fraction of sp³-hybridized carbons (Fsp3) is 0.467. The van der Waals surface area contributed by atoms with Crippen molar-refractivity contribution in [1.29, 1.82) is 0 Å². The van der Waals surface area contributed by atoms with E-state index >= 15 is 0 Å². The highest BCUT2D eigenvalue weighted by atomic mass is 16.7. The minimum Gasteiger partial charge on any atom is -0.454 e. The standard InChI is InChI=1S/C15H20N4O2/c1-9(2)14-17-10(3)18-15(19-14)16-7-11-5-4-6-12-13(11)21-8-20-12/h4-6,9-10H,7-8H2,1-3H3,(H2,16,17,18,19). The third kappa shape index (κ3) is 2.94. The number of guanidine groups is 1. The molecular formula is C15H20N4O2. The van der Waals surface area contributed by atoms with Gasteiger partial charge in [0.05, 0.1) is 6.54 Å². The van der Waals surface area contributed by atoms with Gasteiger partial charge in [-0.2, -0.15) is 0 Å². The van der Waals surface area contributed by atoms with Gasteiger partial charge in [0.15, 0.2) is 17.5 Å². The Morgan fingerprint density at radius 3 is 3.05 bits per heavy atom. The van der Waals surface area contributed by atoms with E-state index in [2.05, 4.69) is 34.5 Å². The molecule has 0 spiro atoms. The van der Waals surface area contributed by atoms with Crippen molar-refractivity contribution >= 4 is 11.8 Å². The van der Waals surface area contributed by atoms with Gasteiger partial charge in [-0.05, 0) is 13.0 Å². The van der Waals surface area contributed by atoms with Crippen LogP contribution in [-0.4, -0.2) is 24.8 Å². The Labute approximate surface area is 124 Å². The molecule has 0 saturated carbocycles. The molecule has 112 valence electrons. The van der Waals surface area contributed by atoms with E-state index in [0.29, 0.717) is 12.5 Å². The Balaban J connectivity index is 1.75. The quantitative estimate of drug-likeness (QED) is 0.891. The summed E-state index contributed by atoms with van der Waals surface area (Å²) in [6.07, 6.45) is 0.0310. The Kier molecular flexibility index (Phi) is 3.68. The number of ether oxygens (including phenoxy) is 2. The molecule has 1 atom stereocenters. The lowest BCUT2D eigenvalue weighted by molar-refractivity contribution is 0.173. The molecule has 2 aliphatic heterocycles. The first-order chi connectivity index (χ1) is 10.1. The number of nitrogens with one attached hydrogen (secondary N) is 2. The van der Waals surface area contributed by atoms with Gasteiger partial charge in [-0.3, -0.25) is 0 Å². The Hall–Kier alpha value is -2.24. The molecule has 1 unspecified atom stereocenters. The second-order valence-corrected chi connectivity index (χ2v) is 5.43. The van der Waals surface area contributed by atoms with Crippen molar-refractivity contribution in [3.63, 3.8) is 0 Å². The van der Waals surface area contributed by atoms with Gasteiger partial charge in [-0.15, -0.1) is 0 Å². The summed E-state index contributed by atoms with van der Waals surface area (Å²) >= 11 is 0. The van der Waals surface area contributed by atoms with Crippen molar-refractivity contribution in [3.05, 3.63) is 23.8 Å².